The van der Waals surface area contributed by atoms with Crippen molar-refractivity contribution in [2.45, 2.75) is 33.2 Å². The molecule has 0 amide bonds. The lowest BCUT2D eigenvalue weighted by molar-refractivity contribution is -0.143. The molecule has 0 saturated carbocycles. The number of carbonyl (C=O) groups excluding carboxylic acids is 1. The average molecular weight is 356 g/mol. The highest BCUT2D eigenvalue weighted by Gasteiger charge is 2.16. The smallest absolute Gasteiger partial charge is 0.306 e. The van der Waals surface area contributed by atoms with E-state index in [0.29, 0.717) is 24.5 Å². The molecule has 0 radical (unpaired) electrons. The van der Waals surface area contributed by atoms with Crippen LogP contribution in [0.1, 0.15) is 30.2 Å². The van der Waals surface area contributed by atoms with Gasteiger partial charge in [-0.3, -0.25) is 4.79 Å². The van der Waals surface area contributed by atoms with Crippen molar-refractivity contribution >= 4 is 28.5 Å². The average Bonchev–Trinajstić information content (AvgIpc) is 2.85. The van der Waals surface area contributed by atoms with Crippen LogP contribution in [0.5, 0.6) is 0 Å². The van der Waals surface area contributed by atoms with Crippen molar-refractivity contribution in [3.8, 4) is 0 Å². The molecule has 0 bridgehead atoms. The third kappa shape index (κ3) is 3.88. The number of hydrogen-bond donors (Lipinski definition) is 0. The van der Waals surface area contributed by atoms with Crippen molar-refractivity contribution in [3.63, 3.8) is 0 Å². The molecule has 0 aliphatic carbocycles. The van der Waals surface area contributed by atoms with E-state index in [2.05, 4.69) is 41.8 Å². The van der Waals surface area contributed by atoms with E-state index in [9.17, 15) is 4.79 Å². The summed E-state index contributed by atoms with van der Waals surface area (Å²) in [5.41, 5.74) is 4.73. The van der Waals surface area contributed by atoms with Crippen LogP contribution >= 0.6 is 11.6 Å². The molecule has 0 aliphatic heterocycles. The van der Waals surface area contributed by atoms with Gasteiger partial charge in [0.15, 0.2) is 0 Å². The van der Waals surface area contributed by atoms with Crippen molar-refractivity contribution in [2.75, 3.05) is 6.61 Å². The fraction of sp³-hybridized carbons (Fsp3) is 0.286. The number of carbonyl (C=O) groups is 1. The highest BCUT2D eigenvalue weighted by atomic mass is 35.5. The second-order valence-electron chi connectivity index (χ2n) is 6.10. The summed E-state index contributed by atoms with van der Waals surface area (Å²) in [6.07, 6.45) is 1.04. The van der Waals surface area contributed by atoms with Crippen LogP contribution in [0.25, 0.3) is 10.9 Å². The third-order valence-electron chi connectivity index (χ3n) is 4.48. The zero-order chi connectivity index (χ0) is 17.8. The summed E-state index contributed by atoms with van der Waals surface area (Å²) in [6, 6.07) is 16.3. The number of halogens is 1. The molecule has 0 fully saturated rings. The minimum Gasteiger partial charge on any atom is -0.466 e. The Hall–Kier alpha value is -2.26. The van der Waals surface area contributed by atoms with Crippen LogP contribution < -0.4 is 0 Å². The van der Waals surface area contributed by atoms with Crippen LogP contribution in [-0.2, 0) is 22.5 Å². The lowest BCUT2D eigenvalue weighted by Gasteiger charge is -2.09. The van der Waals surface area contributed by atoms with Gasteiger partial charge in [0.2, 0.25) is 0 Å². The molecule has 3 rings (SSSR count). The number of aromatic nitrogens is 1. The molecule has 1 heterocycles. The number of aryl methyl sites for hydroxylation is 1. The molecule has 1 aromatic heterocycles. The molecule has 0 atom stereocenters. The number of nitrogens with zero attached hydrogens (tertiary/aromatic N) is 1. The quantitative estimate of drug-likeness (QED) is 0.573. The van der Waals surface area contributed by atoms with Crippen LogP contribution in [0, 0.1) is 6.92 Å². The first-order valence-electron chi connectivity index (χ1n) is 8.57. The Morgan fingerprint density at radius 2 is 1.92 bits per heavy atom. The number of hydrogen-bond acceptors (Lipinski definition) is 2. The molecule has 25 heavy (non-hydrogen) atoms. The maximum absolute atomic E-state index is 11.8. The van der Waals surface area contributed by atoms with Crippen molar-refractivity contribution in [1.29, 1.82) is 0 Å². The van der Waals surface area contributed by atoms with Gasteiger partial charge in [-0.2, -0.15) is 0 Å². The standard InChI is InChI=1S/C21H22ClNO2/c1-3-25-21(24)12-10-18-15(2)23(14-16-7-5-4-6-8-16)20-11-9-17(22)13-19(18)20/h4-9,11,13H,3,10,12,14H2,1-2H3. The Morgan fingerprint density at radius 3 is 2.64 bits per heavy atom. The lowest BCUT2D eigenvalue weighted by Crippen LogP contribution is -2.06. The van der Waals surface area contributed by atoms with Gasteiger partial charge in [0.25, 0.3) is 0 Å². The van der Waals surface area contributed by atoms with Crippen molar-refractivity contribution in [3.05, 3.63) is 70.4 Å². The fourth-order valence-electron chi connectivity index (χ4n) is 3.27. The zero-order valence-corrected chi connectivity index (χ0v) is 15.3. The normalized spacial score (nSPS) is 11.0. The van der Waals surface area contributed by atoms with Crippen LogP contribution in [0.2, 0.25) is 5.02 Å². The van der Waals surface area contributed by atoms with E-state index in [1.807, 2.05) is 25.1 Å². The molecule has 4 heteroatoms. The van der Waals surface area contributed by atoms with Crippen molar-refractivity contribution < 1.29 is 9.53 Å². The lowest BCUT2D eigenvalue weighted by atomic mass is 10.1. The molecule has 0 aliphatic rings. The predicted octanol–water partition coefficient (Wildman–Crippen LogP) is 5.15. The molecule has 0 unspecified atom stereocenters. The zero-order valence-electron chi connectivity index (χ0n) is 14.6. The van der Waals surface area contributed by atoms with Gasteiger partial charge in [-0.1, -0.05) is 41.9 Å². The number of ether oxygens (including phenoxy) is 1. The maximum atomic E-state index is 11.8. The molecule has 3 nitrogen and oxygen atoms in total. The summed E-state index contributed by atoms with van der Waals surface area (Å²) >= 11 is 6.22. The van der Waals surface area contributed by atoms with Crippen molar-refractivity contribution in [1.82, 2.24) is 4.57 Å². The van der Waals surface area contributed by atoms with Gasteiger partial charge in [-0.15, -0.1) is 0 Å². The minimum atomic E-state index is -0.159. The molecule has 3 aromatic rings. The third-order valence-corrected chi connectivity index (χ3v) is 4.72. The Labute approximate surface area is 153 Å². The van der Waals surface area contributed by atoms with E-state index in [1.54, 1.807) is 0 Å². The second-order valence-corrected chi connectivity index (χ2v) is 6.54. The van der Waals surface area contributed by atoms with Gasteiger partial charge >= 0.3 is 5.97 Å². The Bertz CT molecular complexity index is 884. The summed E-state index contributed by atoms with van der Waals surface area (Å²) in [6.45, 7) is 5.15. The fourth-order valence-corrected chi connectivity index (χ4v) is 3.44. The highest BCUT2D eigenvalue weighted by molar-refractivity contribution is 6.31. The first-order chi connectivity index (χ1) is 12.1. The van der Waals surface area contributed by atoms with Crippen LogP contribution in [-0.4, -0.2) is 17.1 Å². The summed E-state index contributed by atoms with van der Waals surface area (Å²) < 4.78 is 7.36. The summed E-state index contributed by atoms with van der Waals surface area (Å²) in [5, 5.41) is 1.83. The predicted molar refractivity (Wildman–Crippen MR) is 102 cm³/mol. The summed E-state index contributed by atoms with van der Waals surface area (Å²) in [4.78, 5) is 11.8. The SMILES string of the molecule is CCOC(=O)CCc1c(C)n(Cc2ccccc2)c2ccc(Cl)cc12. The molecule has 130 valence electrons. The Kier molecular flexibility index (Phi) is 5.44. The molecular formula is C21H22ClNO2. The van der Waals surface area contributed by atoms with E-state index in [-0.39, 0.29) is 5.97 Å². The number of rotatable bonds is 6. The second kappa shape index (κ2) is 7.75. The van der Waals surface area contributed by atoms with Crippen molar-refractivity contribution in [2.24, 2.45) is 0 Å². The van der Waals surface area contributed by atoms with Gasteiger partial charge < -0.3 is 9.30 Å². The monoisotopic (exact) mass is 355 g/mol. The minimum absolute atomic E-state index is 0.159. The molecule has 0 N–H and O–H groups in total. The van der Waals surface area contributed by atoms with E-state index >= 15 is 0 Å². The molecule has 0 saturated heterocycles. The van der Waals surface area contributed by atoms with E-state index in [0.717, 1.165) is 17.4 Å². The largest absolute Gasteiger partial charge is 0.466 e. The van der Waals surface area contributed by atoms with Crippen LogP contribution in [0.15, 0.2) is 48.5 Å². The van der Waals surface area contributed by atoms with Gasteiger partial charge in [0, 0.05) is 34.6 Å². The van der Waals surface area contributed by atoms with Crippen LogP contribution in [0.3, 0.4) is 0 Å². The van der Waals surface area contributed by atoms with E-state index in [1.165, 1.54) is 16.8 Å². The van der Waals surface area contributed by atoms with E-state index in [4.69, 9.17) is 16.3 Å². The number of fused-ring (bicyclic) bond motifs is 1. The molecule has 0 spiro atoms. The Morgan fingerprint density at radius 1 is 1.16 bits per heavy atom. The molecular weight excluding hydrogens is 334 g/mol. The van der Waals surface area contributed by atoms with Gasteiger partial charge in [-0.25, -0.2) is 0 Å². The molecule has 2 aromatic carbocycles. The maximum Gasteiger partial charge on any atom is 0.306 e. The number of esters is 1. The van der Waals surface area contributed by atoms with Gasteiger partial charge in [0.05, 0.1) is 6.61 Å². The summed E-state index contributed by atoms with van der Waals surface area (Å²) in [7, 11) is 0. The van der Waals surface area contributed by atoms with Gasteiger partial charge in [0.1, 0.15) is 0 Å². The first kappa shape index (κ1) is 17.6. The van der Waals surface area contributed by atoms with Crippen LogP contribution in [0.4, 0.5) is 0 Å². The van der Waals surface area contributed by atoms with Gasteiger partial charge in [-0.05, 0) is 49.6 Å². The first-order valence-corrected chi connectivity index (χ1v) is 8.94. The highest BCUT2D eigenvalue weighted by Crippen LogP contribution is 2.30. The number of benzene rings is 2. The van der Waals surface area contributed by atoms with E-state index < -0.39 is 0 Å². The summed E-state index contributed by atoms with van der Waals surface area (Å²) in [5.74, 6) is -0.159. The topological polar surface area (TPSA) is 31.2 Å². The Balaban J connectivity index is 1.99.